The van der Waals surface area contributed by atoms with Gasteiger partial charge in [0.15, 0.2) is 17.5 Å². The first-order valence-electron chi connectivity index (χ1n) is 10.2. The molecule has 0 radical (unpaired) electrons. The molecule has 1 aromatic carbocycles. The molecular formula is C22H21FN8. The smallest absolute Gasteiger partial charge is 0.200 e. The highest BCUT2D eigenvalue weighted by Crippen LogP contribution is 2.24. The number of hydrogen-bond donors (Lipinski definition) is 1. The molecule has 4 aromatic rings. The minimum absolute atomic E-state index is 0.201. The van der Waals surface area contributed by atoms with Crippen molar-refractivity contribution in [2.75, 3.05) is 23.7 Å². The molecule has 0 saturated carbocycles. The summed E-state index contributed by atoms with van der Waals surface area (Å²) in [6, 6.07) is 15.7. The number of nitrogen functional groups attached to an aromatic ring is 1. The van der Waals surface area contributed by atoms with Crippen LogP contribution in [0, 0.1) is 5.82 Å². The molecule has 1 aliphatic rings. The highest BCUT2D eigenvalue weighted by Gasteiger charge is 2.19. The molecule has 1 saturated heterocycles. The fourth-order valence-corrected chi connectivity index (χ4v) is 3.67. The number of aromatic nitrogens is 6. The van der Waals surface area contributed by atoms with Crippen LogP contribution in [0.25, 0.3) is 23.0 Å². The molecule has 4 heterocycles. The number of benzene rings is 1. The van der Waals surface area contributed by atoms with Crippen LogP contribution < -0.4 is 10.6 Å². The summed E-state index contributed by atoms with van der Waals surface area (Å²) in [6.45, 7) is 2.18. The van der Waals surface area contributed by atoms with Gasteiger partial charge in [-0.05, 0) is 43.2 Å². The summed E-state index contributed by atoms with van der Waals surface area (Å²) >= 11 is 0. The van der Waals surface area contributed by atoms with Crippen molar-refractivity contribution in [3.05, 3.63) is 66.0 Å². The van der Waals surface area contributed by atoms with Gasteiger partial charge in [-0.3, -0.25) is 0 Å². The van der Waals surface area contributed by atoms with Gasteiger partial charge in [0.25, 0.3) is 0 Å². The van der Waals surface area contributed by atoms with Gasteiger partial charge in [-0.2, -0.15) is 0 Å². The van der Waals surface area contributed by atoms with Crippen molar-refractivity contribution in [1.82, 2.24) is 29.9 Å². The normalized spacial score (nSPS) is 13.6. The minimum Gasteiger partial charge on any atom is -0.384 e. The number of hydrogen-bond acceptors (Lipinski definition) is 7. The fraction of sp³-hybridized carbons (Fsp3) is 0.227. The van der Waals surface area contributed by atoms with Crippen LogP contribution in [-0.2, 0) is 6.54 Å². The zero-order chi connectivity index (χ0) is 21.2. The van der Waals surface area contributed by atoms with Crippen LogP contribution >= 0.6 is 0 Å². The maximum atomic E-state index is 14.3. The van der Waals surface area contributed by atoms with Crippen molar-refractivity contribution in [3.63, 3.8) is 0 Å². The molecule has 156 valence electrons. The molecule has 2 N–H and O–H groups in total. The number of pyridine rings is 1. The molecule has 0 atom stereocenters. The maximum absolute atomic E-state index is 14.3. The SMILES string of the molecule is Nc1cccc(-c2nc(-c3ccc(N4CCCC4)nn3)n(Cc3ccccc3F)n2)n1. The Balaban J connectivity index is 1.55. The monoisotopic (exact) mass is 416 g/mol. The number of anilines is 2. The van der Waals surface area contributed by atoms with E-state index in [0.717, 1.165) is 31.7 Å². The zero-order valence-corrected chi connectivity index (χ0v) is 16.8. The van der Waals surface area contributed by atoms with Gasteiger partial charge in [0.05, 0.1) is 6.54 Å². The lowest BCUT2D eigenvalue weighted by atomic mass is 10.2. The van der Waals surface area contributed by atoms with Crippen molar-refractivity contribution in [2.45, 2.75) is 19.4 Å². The van der Waals surface area contributed by atoms with Gasteiger partial charge in [-0.1, -0.05) is 24.3 Å². The number of nitrogens with zero attached hydrogens (tertiary/aromatic N) is 7. The van der Waals surface area contributed by atoms with E-state index in [1.165, 1.54) is 6.07 Å². The van der Waals surface area contributed by atoms with Crippen LogP contribution in [0.5, 0.6) is 0 Å². The lowest BCUT2D eigenvalue weighted by molar-refractivity contribution is 0.586. The van der Waals surface area contributed by atoms with Crippen molar-refractivity contribution >= 4 is 11.6 Å². The third-order valence-corrected chi connectivity index (χ3v) is 5.26. The molecule has 0 bridgehead atoms. The van der Waals surface area contributed by atoms with E-state index in [-0.39, 0.29) is 12.4 Å². The predicted molar refractivity (Wildman–Crippen MR) is 116 cm³/mol. The summed E-state index contributed by atoms with van der Waals surface area (Å²) in [5.41, 5.74) is 7.42. The summed E-state index contributed by atoms with van der Waals surface area (Å²) in [5, 5.41) is 13.3. The van der Waals surface area contributed by atoms with E-state index < -0.39 is 0 Å². The summed E-state index contributed by atoms with van der Waals surface area (Å²) in [5.74, 6) is 1.80. The number of rotatable bonds is 5. The van der Waals surface area contributed by atoms with E-state index in [1.807, 2.05) is 12.1 Å². The van der Waals surface area contributed by atoms with E-state index in [1.54, 1.807) is 41.1 Å². The summed E-state index contributed by atoms with van der Waals surface area (Å²) < 4.78 is 15.9. The molecule has 1 fully saturated rings. The summed E-state index contributed by atoms with van der Waals surface area (Å²) in [7, 11) is 0. The van der Waals surface area contributed by atoms with Crippen LogP contribution in [0.1, 0.15) is 18.4 Å². The Labute approximate surface area is 178 Å². The van der Waals surface area contributed by atoms with Crippen LogP contribution in [0.2, 0.25) is 0 Å². The van der Waals surface area contributed by atoms with Crippen molar-refractivity contribution in [3.8, 4) is 23.0 Å². The molecule has 0 amide bonds. The number of halogens is 1. The standard InChI is InChI=1S/C22H21FN8/c23-16-7-2-1-6-15(16)14-31-22(26-21(29-31)17-8-5-9-19(24)25-17)18-10-11-20(28-27-18)30-12-3-4-13-30/h1-2,5-11H,3-4,12-14H2,(H2,24,25). The Morgan fingerprint density at radius 2 is 1.71 bits per heavy atom. The second kappa shape index (κ2) is 8.10. The molecule has 1 aliphatic heterocycles. The van der Waals surface area contributed by atoms with E-state index in [4.69, 9.17) is 5.73 Å². The van der Waals surface area contributed by atoms with Gasteiger partial charge in [-0.25, -0.2) is 19.0 Å². The molecule has 5 rings (SSSR count). The Morgan fingerprint density at radius 1 is 0.871 bits per heavy atom. The molecule has 0 spiro atoms. The lowest BCUT2D eigenvalue weighted by Crippen LogP contribution is -2.19. The molecule has 31 heavy (non-hydrogen) atoms. The third kappa shape index (κ3) is 3.94. The number of nitrogens with two attached hydrogens (primary N) is 1. The maximum Gasteiger partial charge on any atom is 0.200 e. The molecule has 0 aliphatic carbocycles. The summed E-state index contributed by atoms with van der Waals surface area (Å²) in [6.07, 6.45) is 2.33. The second-order valence-corrected chi connectivity index (χ2v) is 7.43. The van der Waals surface area contributed by atoms with Crippen LogP contribution in [-0.4, -0.2) is 43.0 Å². The van der Waals surface area contributed by atoms with E-state index in [2.05, 4.69) is 30.2 Å². The second-order valence-electron chi connectivity index (χ2n) is 7.43. The lowest BCUT2D eigenvalue weighted by Gasteiger charge is -2.15. The average molecular weight is 416 g/mol. The molecular weight excluding hydrogens is 395 g/mol. The van der Waals surface area contributed by atoms with Crippen molar-refractivity contribution in [2.24, 2.45) is 0 Å². The van der Waals surface area contributed by atoms with Gasteiger partial charge < -0.3 is 10.6 Å². The first-order valence-corrected chi connectivity index (χ1v) is 10.2. The van der Waals surface area contributed by atoms with Gasteiger partial charge in [0.1, 0.15) is 23.0 Å². The Bertz CT molecular complexity index is 1200. The summed E-state index contributed by atoms with van der Waals surface area (Å²) in [4.78, 5) is 11.2. The van der Waals surface area contributed by atoms with E-state index in [9.17, 15) is 4.39 Å². The Morgan fingerprint density at radius 3 is 2.45 bits per heavy atom. The third-order valence-electron chi connectivity index (χ3n) is 5.26. The molecule has 9 heteroatoms. The van der Waals surface area contributed by atoms with Gasteiger partial charge in [0, 0.05) is 18.7 Å². The predicted octanol–water partition coefficient (Wildman–Crippen LogP) is 3.17. The largest absolute Gasteiger partial charge is 0.384 e. The van der Waals surface area contributed by atoms with Crippen LogP contribution in [0.3, 0.4) is 0 Å². The van der Waals surface area contributed by atoms with Crippen LogP contribution in [0.15, 0.2) is 54.6 Å². The Hall–Kier alpha value is -3.88. The van der Waals surface area contributed by atoms with Crippen molar-refractivity contribution in [1.29, 1.82) is 0 Å². The van der Waals surface area contributed by atoms with Crippen LogP contribution in [0.4, 0.5) is 16.0 Å². The zero-order valence-electron chi connectivity index (χ0n) is 16.8. The van der Waals surface area contributed by atoms with E-state index in [0.29, 0.717) is 34.4 Å². The highest BCUT2D eigenvalue weighted by atomic mass is 19.1. The Kier molecular flexibility index (Phi) is 4.99. The van der Waals surface area contributed by atoms with Crippen molar-refractivity contribution < 1.29 is 4.39 Å². The molecule has 3 aromatic heterocycles. The molecule has 8 nitrogen and oxygen atoms in total. The van der Waals surface area contributed by atoms with Gasteiger partial charge >= 0.3 is 0 Å². The average Bonchev–Trinajstić information content (AvgIpc) is 3.46. The quantitative estimate of drug-likeness (QED) is 0.533. The van der Waals surface area contributed by atoms with Gasteiger partial charge in [0.2, 0.25) is 0 Å². The highest BCUT2D eigenvalue weighted by molar-refractivity contribution is 5.58. The van der Waals surface area contributed by atoms with Gasteiger partial charge in [-0.15, -0.1) is 15.3 Å². The first kappa shape index (κ1) is 19.1. The minimum atomic E-state index is -0.303. The van der Waals surface area contributed by atoms with E-state index >= 15 is 0 Å². The first-order chi connectivity index (χ1) is 15.2. The fourth-order valence-electron chi connectivity index (χ4n) is 3.67. The topological polar surface area (TPSA) is 98.6 Å². The molecule has 0 unspecified atom stereocenters.